The Hall–Kier alpha value is -1.67. The first kappa shape index (κ1) is 14.4. The van der Waals surface area contributed by atoms with Gasteiger partial charge in [-0.2, -0.15) is 5.26 Å². The van der Waals surface area contributed by atoms with Crippen LogP contribution >= 0.6 is 0 Å². The largest absolute Gasteiger partial charge is 0.294 e. The first-order valence-electron chi connectivity index (χ1n) is 5.63. The molecule has 96 valence electrons. The molecule has 0 N–H and O–H groups in total. The third kappa shape index (κ3) is 3.17. The first-order chi connectivity index (χ1) is 8.39. The molecule has 0 bridgehead atoms. The number of nitriles is 1. The molecule has 0 aliphatic heterocycles. The number of benzene rings is 1. The molecule has 0 aliphatic carbocycles. The number of hydrogen-bond acceptors (Lipinski definition) is 4. The maximum atomic E-state index is 11.9. The fourth-order valence-corrected chi connectivity index (χ4v) is 2.48. The van der Waals surface area contributed by atoms with Crippen molar-refractivity contribution in [2.75, 3.05) is 0 Å². The van der Waals surface area contributed by atoms with Gasteiger partial charge in [0.25, 0.3) is 0 Å². The van der Waals surface area contributed by atoms with Crippen LogP contribution in [0.1, 0.15) is 37.0 Å². The highest BCUT2D eigenvalue weighted by Crippen LogP contribution is 2.17. The van der Waals surface area contributed by atoms with Gasteiger partial charge in [0.1, 0.15) is 0 Å². The van der Waals surface area contributed by atoms with Gasteiger partial charge in [-0.05, 0) is 26.0 Å². The normalized spacial score (nSPS) is 11.2. The van der Waals surface area contributed by atoms with Crippen molar-refractivity contribution in [1.82, 2.24) is 0 Å². The molecule has 1 aromatic carbocycles. The molecule has 0 atom stereocenters. The maximum Gasteiger partial charge on any atom is 0.180 e. The molecular formula is C13H15NO3S. The summed E-state index contributed by atoms with van der Waals surface area (Å²) < 4.78 is 23.7. The number of carbonyl (C=O) groups excluding carboxylic acids is 1. The van der Waals surface area contributed by atoms with Crippen molar-refractivity contribution in [1.29, 1.82) is 5.26 Å². The quantitative estimate of drug-likeness (QED) is 0.766. The van der Waals surface area contributed by atoms with Crippen LogP contribution in [0.15, 0.2) is 29.2 Å². The second kappa shape index (κ2) is 5.78. The zero-order valence-corrected chi connectivity index (χ0v) is 11.2. The van der Waals surface area contributed by atoms with Gasteiger partial charge in [-0.15, -0.1) is 0 Å². The van der Waals surface area contributed by atoms with Gasteiger partial charge in [0.2, 0.25) is 0 Å². The number of hydrogen-bond donors (Lipinski definition) is 0. The summed E-state index contributed by atoms with van der Waals surface area (Å²) >= 11 is 0. The highest BCUT2D eigenvalue weighted by molar-refractivity contribution is 7.92. The molecule has 0 aliphatic rings. The van der Waals surface area contributed by atoms with Gasteiger partial charge in [-0.1, -0.05) is 12.1 Å². The summed E-state index contributed by atoms with van der Waals surface area (Å²) in [7, 11) is -3.30. The van der Waals surface area contributed by atoms with Crippen LogP contribution in [0.25, 0.3) is 0 Å². The van der Waals surface area contributed by atoms with Gasteiger partial charge in [-0.3, -0.25) is 4.79 Å². The molecule has 0 unspecified atom stereocenters. The van der Waals surface area contributed by atoms with Gasteiger partial charge in [-0.25, -0.2) is 8.42 Å². The van der Waals surface area contributed by atoms with Crippen LogP contribution in [0.4, 0.5) is 0 Å². The van der Waals surface area contributed by atoms with Gasteiger partial charge in [0, 0.05) is 18.4 Å². The summed E-state index contributed by atoms with van der Waals surface area (Å²) in [5, 5.41) is 7.90. The Balaban J connectivity index is 2.94. The van der Waals surface area contributed by atoms with E-state index in [-0.39, 0.29) is 23.5 Å². The second-order valence-corrected chi connectivity index (χ2v) is 6.70. The van der Waals surface area contributed by atoms with Crippen LogP contribution < -0.4 is 0 Å². The SMILES string of the molecule is CC(C)S(=O)(=O)c1ccc(C(=O)CCC#N)cc1. The number of Topliss-reactive ketones (excluding diaryl/α,β-unsaturated/α-hetero) is 1. The molecule has 0 saturated heterocycles. The van der Waals surface area contributed by atoms with Crippen molar-refractivity contribution in [2.24, 2.45) is 0 Å². The van der Waals surface area contributed by atoms with E-state index in [4.69, 9.17) is 5.26 Å². The summed E-state index contributed by atoms with van der Waals surface area (Å²) in [5.74, 6) is -0.148. The van der Waals surface area contributed by atoms with E-state index < -0.39 is 15.1 Å². The predicted molar refractivity (Wildman–Crippen MR) is 67.9 cm³/mol. The Morgan fingerprint density at radius 2 is 1.83 bits per heavy atom. The lowest BCUT2D eigenvalue weighted by atomic mass is 10.1. The van der Waals surface area contributed by atoms with Crippen LogP contribution in [0.5, 0.6) is 0 Å². The van der Waals surface area contributed by atoms with E-state index in [9.17, 15) is 13.2 Å². The number of sulfone groups is 1. The van der Waals surface area contributed by atoms with Gasteiger partial charge in [0.15, 0.2) is 15.6 Å². The standard InChI is InChI=1S/C13H15NO3S/c1-10(2)18(16,17)12-7-5-11(6-8-12)13(15)4-3-9-14/h5-8,10H,3-4H2,1-2H3. The fourth-order valence-electron chi connectivity index (χ4n) is 1.42. The summed E-state index contributed by atoms with van der Waals surface area (Å²) in [6, 6.07) is 7.77. The number of rotatable bonds is 5. The first-order valence-corrected chi connectivity index (χ1v) is 7.18. The molecule has 0 spiro atoms. The highest BCUT2D eigenvalue weighted by atomic mass is 32.2. The van der Waals surface area contributed by atoms with Gasteiger partial charge < -0.3 is 0 Å². The minimum atomic E-state index is -3.30. The predicted octanol–water partition coefficient (Wildman–Crippen LogP) is 2.36. The van der Waals surface area contributed by atoms with E-state index in [0.29, 0.717) is 5.56 Å². The summed E-state index contributed by atoms with van der Waals surface area (Å²) in [6.45, 7) is 3.22. The van der Waals surface area contributed by atoms with E-state index in [1.165, 1.54) is 24.3 Å². The fraction of sp³-hybridized carbons (Fsp3) is 0.385. The monoisotopic (exact) mass is 265 g/mol. The molecule has 5 heteroatoms. The van der Waals surface area contributed by atoms with Crippen molar-refractivity contribution in [3.63, 3.8) is 0 Å². The lowest BCUT2D eigenvalue weighted by Gasteiger charge is -2.08. The minimum absolute atomic E-state index is 0.148. The van der Waals surface area contributed by atoms with Crippen molar-refractivity contribution < 1.29 is 13.2 Å². The van der Waals surface area contributed by atoms with Crippen LogP contribution in [-0.2, 0) is 9.84 Å². The molecule has 1 aromatic rings. The Morgan fingerprint density at radius 3 is 2.28 bits per heavy atom. The maximum absolute atomic E-state index is 11.9. The highest BCUT2D eigenvalue weighted by Gasteiger charge is 2.19. The second-order valence-electron chi connectivity index (χ2n) is 4.20. The average molecular weight is 265 g/mol. The topological polar surface area (TPSA) is 75.0 Å². The van der Waals surface area contributed by atoms with Gasteiger partial charge in [0.05, 0.1) is 16.2 Å². The average Bonchev–Trinajstić information content (AvgIpc) is 2.35. The molecule has 4 nitrogen and oxygen atoms in total. The van der Waals surface area contributed by atoms with E-state index >= 15 is 0 Å². The molecule has 0 fully saturated rings. The molecule has 0 saturated carbocycles. The third-order valence-corrected chi connectivity index (χ3v) is 4.76. The van der Waals surface area contributed by atoms with Gasteiger partial charge >= 0.3 is 0 Å². The molecule has 1 rings (SSSR count). The molecule has 0 radical (unpaired) electrons. The zero-order valence-electron chi connectivity index (χ0n) is 10.4. The van der Waals surface area contributed by atoms with E-state index in [2.05, 4.69) is 0 Å². The molecular weight excluding hydrogens is 250 g/mol. The van der Waals surface area contributed by atoms with Crippen molar-refractivity contribution in [3.8, 4) is 6.07 Å². The Kier molecular flexibility index (Phi) is 4.62. The van der Waals surface area contributed by atoms with Crippen LogP contribution in [0.2, 0.25) is 0 Å². The van der Waals surface area contributed by atoms with E-state index in [0.717, 1.165) is 0 Å². The van der Waals surface area contributed by atoms with Crippen LogP contribution in [0, 0.1) is 11.3 Å². The lowest BCUT2D eigenvalue weighted by molar-refractivity contribution is 0.0984. The van der Waals surface area contributed by atoms with Crippen LogP contribution in [0.3, 0.4) is 0 Å². The molecule has 0 heterocycles. The van der Waals surface area contributed by atoms with Crippen LogP contribution in [-0.4, -0.2) is 19.5 Å². The minimum Gasteiger partial charge on any atom is -0.294 e. The zero-order chi connectivity index (χ0) is 13.8. The number of carbonyl (C=O) groups is 1. The summed E-state index contributed by atoms with van der Waals surface area (Å²) in [6.07, 6.45) is 0.331. The molecule has 0 aromatic heterocycles. The number of ketones is 1. The number of nitrogens with zero attached hydrogens (tertiary/aromatic N) is 1. The Labute approximate surface area is 107 Å². The van der Waals surface area contributed by atoms with E-state index in [1.54, 1.807) is 13.8 Å². The Morgan fingerprint density at radius 1 is 1.28 bits per heavy atom. The third-order valence-electron chi connectivity index (χ3n) is 2.59. The van der Waals surface area contributed by atoms with Crippen molar-refractivity contribution in [2.45, 2.75) is 36.8 Å². The van der Waals surface area contributed by atoms with Crippen molar-refractivity contribution >= 4 is 15.6 Å². The van der Waals surface area contributed by atoms with E-state index in [1.807, 2.05) is 6.07 Å². The molecule has 18 heavy (non-hydrogen) atoms. The smallest absolute Gasteiger partial charge is 0.180 e. The Bertz CT molecular complexity index is 565. The summed E-state index contributed by atoms with van der Waals surface area (Å²) in [5.41, 5.74) is 0.438. The molecule has 0 amide bonds. The van der Waals surface area contributed by atoms with Crippen molar-refractivity contribution in [3.05, 3.63) is 29.8 Å². The summed E-state index contributed by atoms with van der Waals surface area (Å²) in [4.78, 5) is 11.8. The lowest BCUT2D eigenvalue weighted by Crippen LogP contribution is -2.14.